The first-order chi connectivity index (χ1) is 9.58. The zero-order valence-corrected chi connectivity index (χ0v) is 12.1. The van der Waals surface area contributed by atoms with Crippen LogP contribution in [-0.2, 0) is 19.1 Å². The van der Waals surface area contributed by atoms with Crippen molar-refractivity contribution in [2.24, 2.45) is 0 Å². The van der Waals surface area contributed by atoms with Crippen molar-refractivity contribution >= 4 is 11.8 Å². The first kappa shape index (κ1) is 13.8. The lowest BCUT2D eigenvalue weighted by Crippen LogP contribution is -2.64. The van der Waals surface area contributed by atoms with E-state index in [1.807, 2.05) is 6.92 Å². The average Bonchev–Trinajstić information content (AvgIpc) is 3.11. The Morgan fingerprint density at radius 3 is 2.85 bits per heavy atom. The summed E-state index contributed by atoms with van der Waals surface area (Å²) >= 11 is 0. The Balaban J connectivity index is 1.81. The molecule has 3 aliphatic heterocycles. The molecular weight excluding hydrogens is 260 g/mol. The van der Waals surface area contributed by atoms with Gasteiger partial charge in [-0.15, -0.1) is 0 Å². The van der Waals surface area contributed by atoms with Crippen LogP contribution in [0.4, 0.5) is 0 Å². The number of carbonyl (C=O) groups is 2. The van der Waals surface area contributed by atoms with Crippen molar-refractivity contribution in [3.05, 3.63) is 0 Å². The van der Waals surface area contributed by atoms with Gasteiger partial charge in [0.15, 0.2) is 0 Å². The standard InChI is InChI=1S/C14H22N2O4/c1-10-12(17)15-6-3-4-11(15)13(18)16(10)8-14(19-2)5-7-20-9-14/h10-11H,3-9H2,1-2H3. The lowest BCUT2D eigenvalue weighted by atomic mass is 9.98. The summed E-state index contributed by atoms with van der Waals surface area (Å²) in [6.45, 7) is 4.11. The Labute approximate surface area is 119 Å². The summed E-state index contributed by atoms with van der Waals surface area (Å²) in [5.74, 6) is 0.134. The summed E-state index contributed by atoms with van der Waals surface area (Å²) in [6, 6.07) is -0.653. The van der Waals surface area contributed by atoms with Gasteiger partial charge < -0.3 is 19.3 Å². The van der Waals surface area contributed by atoms with E-state index in [4.69, 9.17) is 9.47 Å². The van der Waals surface area contributed by atoms with E-state index < -0.39 is 11.6 Å². The van der Waals surface area contributed by atoms with E-state index >= 15 is 0 Å². The summed E-state index contributed by atoms with van der Waals surface area (Å²) in [7, 11) is 1.65. The van der Waals surface area contributed by atoms with Crippen LogP contribution in [-0.4, -0.2) is 72.7 Å². The summed E-state index contributed by atoms with van der Waals surface area (Å²) in [5.41, 5.74) is -0.453. The second-order valence-electron chi connectivity index (χ2n) is 6.02. The molecule has 3 rings (SSSR count). The minimum absolute atomic E-state index is 0.0669. The van der Waals surface area contributed by atoms with Gasteiger partial charge in [-0.2, -0.15) is 0 Å². The maximum Gasteiger partial charge on any atom is 0.246 e. The number of nitrogens with zero attached hydrogens (tertiary/aromatic N) is 2. The van der Waals surface area contributed by atoms with E-state index in [-0.39, 0.29) is 17.9 Å². The summed E-state index contributed by atoms with van der Waals surface area (Å²) in [4.78, 5) is 28.5. The minimum atomic E-state index is -0.453. The number of fused-ring (bicyclic) bond motifs is 1. The topological polar surface area (TPSA) is 59.1 Å². The van der Waals surface area contributed by atoms with Crippen LogP contribution in [0.1, 0.15) is 26.2 Å². The molecule has 0 aromatic heterocycles. The summed E-state index contributed by atoms with van der Waals surface area (Å²) in [6.07, 6.45) is 2.47. The number of piperazine rings is 1. The molecule has 6 nitrogen and oxygen atoms in total. The maximum absolute atomic E-state index is 12.6. The number of hydrogen-bond donors (Lipinski definition) is 0. The predicted molar refractivity (Wildman–Crippen MR) is 71.1 cm³/mol. The van der Waals surface area contributed by atoms with Crippen LogP contribution in [0.15, 0.2) is 0 Å². The molecule has 0 saturated carbocycles. The Hall–Kier alpha value is -1.14. The molecule has 2 amide bonds. The van der Waals surface area contributed by atoms with Crippen LogP contribution >= 0.6 is 0 Å². The van der Waals surface area contributed by atoms with Gasteiger partial charge in [0, 0.05) is 26.7 Å². The van der Waals surface area contributed by atoms with Crippen molar-refractivity contribution in [3.63, 3.8) is 0 Å². The van der Waals surface area contributed by atoms with Crippen LogP contribution in [0, 0.1) is 0 Å². The Morgan fingerprint density at radius 1 is 1.40 bits per heavy atom. The molecule has 0 spiro atoms. The van der Waals surface area contributed by atoms with Gasteiger partial charge in [0.05, 0.1) is 13.2 Å². The van der Waals surface area contributed by atoms with Crippen molar-refractivity contribution in [2.75, 3.05) is 33.4 Å². The number of rotatable bonds is 3. The highest BCUT2D eigenvalue weighted by Crippen LogP contribution is 2.30. The molecular formula is C14H22N2O4. The largest absolute Gasteiger partial charge is 0.378 e. The number of ether oxygens (including phenoxy) is 2. The van der Waals surface area contributed by atoms with E-state index in [1.165, 1.54) is 0 Å². The number of methoxy groups -OCH3 is 1. The van der Waals surface area contributed by atoms with Crippen molar-refractivity contribution in [3.8, 4) is 0 Å². The molecule has 6 heteroatoms. The molecule has 3 aliphatic rings. The highest BCUT2D eigenvalue weighted by atomic mass is 16.5. The number of hydrogen-bond acceptors (Lipinski definition) is 4. The van der Waals surface area contributed by atoms with Gasteiger partial charge in [-0.1, -0.05) is 0 Å². The van der Waals surface area contributed by atoms with Crippen LogP contribution in [0.5, 0.6) is 0 Å². The summed E-state index contributed by atoms with van der Waals surface area (Å²) in [5, 5.41) is 0. The minimum Gasteiger partial charge on any atom is -0.378 e. The molecule has 0 aromatic carbocycles. The number of amides is 2. The average molecular weight is 282 g/mol. The van der Waals surface area contributed by atoms with Crippen LogP contribution in [0.3, 0.4) is 0 Å². The molecule has 0 aromatic rings. The third kappa shape index (κ3) is 2.02. The molecule has 3 atom stereocenters. The van der Waals surface area contributed by atoms with Crippen molar-refractivity contribution < 1.29 is 19.1 Å². The van der Waals surface area contributed by atoms with Crippen molar-refractivity contribution in [1.29, 1.82) is 0 Å². The van der Waals surface area contributed by atoms with Crippen molar-refractivity contribution in [2.45, 2.75) is 43.9 Å². The second-order valence-corrected chi connectivity index (χ2v) is 6.02. The zero-order chi connectivity index (χ0) is 14.3. The molecule has 3 heterocycles. The Morgan fingerprint density at radius 2 is 2.20 bits per heavy atom. The first-order valence-corrected chi connectivity index (χ1v) is 7.32. The van der Waals surface area contributed by atoms with Gasteiger partial charge in [-0.05, 0) is 19.8 Å². The van der Waals surface area contributed by atoms with Crippen LogP contribution in [0.2, 0.25) is 0 Å². The zero-order valence-electron chi connectivity index (χ0n) is 12.1. The predicted octanol–water partition coefficient (Wildman–Crippen LogP) is 0.0136. The lowest BCUT2D eigenvalue weighted by Gasteiger charge is -2.44. The van der Waals surface area contributed by atoms with E-state index in [2.05, 4.69) is 0 Å². The molecule has 3 saturated heterocycles. The SMILES string of the molecule is COC1(CN2C(=O)C3CCCN3C(=O)C2C)CCOC1. The van der Waals surface area contributed by atoms with E-state index in [1.54, 1.807) is 16.9 Å². The smallest absolute Gasteiger partial charge is 0.246 e. The molecule has 20 heavy (non-hydrogen) atoms. The molecule has 0 bridgehead atoms. The van der Waals surface area contributed by atoms with E-state index in [0.717, 1.165) is 19.3 Å². The van der Waals surface area contributed by atoms with Gasteiger partial charge in [0.25, 0.3) is 0 Å². The lowest BCUT2D eigenvalue weighted by molar-refractivity contribution is -0.163. The Bertz CT molecular complexity index is 419. The fourth-order valence-corrected chi connectivity index (χ4v) is 3.51. The van der Waals surface area contributed by atoms with Gasteiger partial charge in [-0.3, -0.25) is 9.59 Å². The molecule has 0 aliphatic carbocycles. The molecule has 3 fully saturated rings. The third-order valence-corrected chi connectivity index (χ3v) is 4.89. The van der Waals surface area contributed by atoms with E-state index in [9.17, 15) is 9.59 Å². The van der Waals surface area contributed by atoms with Gasteiger partial charge >= 0.3 is 0 Å². The fourth-order valence-electron chi connectivity index (χ4n) is 3.51. The molecule has 0 N–H and O–H groups in total. The fraction of sp³-hybridized carbons (Fsp3) is 0.857. The van der Waals surface area contributed by atoms with Crippen LogP contribution in [0.25, 0.3) is 0 Å². The first-order valence-electron chi connectivity index (χ1n) is 7.32. The second kappa shape index (κ2) is 5.00. The molecule has 3 unspecified atom stereocenters. The number of carbonyl (C=O) groups excluding carboxylic acids is 2. The monoisotopic (exact) mass is 282 g/mol. The van der Waals surface area contributed by atoms with Gasteiger partial charge in [-0.25, -0.2) is 0 Å². The highest BCUT2D eigenvalue weighted by Gasteiger charge is 2.49. The third-order valence-electron chi connectivity index (χ3n) is 4.89. The van der Waals surface area contributed by atoms with Gasteiger partial charge in [0.2, 0.25) is 11.8 Å². The normalized spacial score (nSPS) is 37.7. The van der Waals surface area contributed by atoms with Gasteiger partial charge in [0.1, 0.15) is 17.7 Å². The summed E-state index contributed by atoms with van der Waals surface area (Å²) < 4.78 is 11.0. The molecule has 112 valence electrons. The Kier molecular flexibility index (Phi) is 3.46. The van der Waals surface area contributed by atoms with Crippen molar-refractivity contribution in [1.82, 2.24) is 9.80 Å². The highest BCUT2D eigenvalue weighted by molar-refractivity contribution is 5.97. The maximum atomic E-state index is 12.6. The quantitative estimate of drug-likeness (QED) is 0.732. The van der Waals surface area contributed by atoms with Crippen LogP contribution < -0.4 is 0 Å². The molecule has 0 radical (unpaired) electrons. The van der Waals surface area contributed by atoms with E-state index in [0.29, 0.717) is 26.3 Å².